The molecular formula is C15H16N4OS. The number of fused-ring (bicyclic) bond motifs is 1. The number of aromatic nitrogens is 3. The van der Waals surface area contributed by atoms with Gasteiger partial charge in [-0.3, -0.25) is 4.79 Å². The number of rotatable bonds is 4. The van der Waals surface area contributed by atoms with Crippen molar-refractivity contribution >= 4 is 34.0 Å². The molecule has 3 rings (SSSR count). The lowest BCUT2D eigenvalue weighted by Gasteiger charge is -2.05. The first kappa shape index (κ1) is 13.8. The summed E-state index contributed by atoms with van der Waals surface area (Å²) in [6.45, 7) is 5.10. The highest BCUT2D eigenvalue weighted by Gasteiger charge is 2.11. The predicted octanol–water partition coefficient (Wildman–Crippen LogP) is 3.46. The van der Waals surface area contributed by atoms with Gasteiger partial charge in [-0.25, -0.2) is 9.97 Å². The maximum absolute atomic E-state index is 12.0. The molecule has 6 heteroatoms. The zero-order chi connectivity index (χ0) is 14.8. The van der Waals surface area contributed by atoms with E-state index in [1.165, 1.54) is 11.3 Å². The van der Waals surface area contributed by atoms with E-state index in [0.29, 0.717) is 5.69 Å². The summed E-state index contributed by atoms with van der Waals surface area (Å²) in [4.78, 5) is 20.6. The molecule has 0 saturated heterocycles. The molecule has 0 unspecified atom stereocenters. The summed E-state index contributed by atoms with van der Waals surface area (Å²) in [7, 11) is 0. The third-order valence-corrected chi connectivity index (χ3v) is 3.90. The molecule has 108 valence electrons. The normalized spacial score (nSPS) is 11.0. The minimum absolute atomic E-state index is 0.194. The van der Waals surface area contributed by atoms with Crippen LogP contribution in [0, 0.1) is 6.92 Å². The highest BCUT2D eigenvalue weighted by atomic mass is 32.1. The van der Waals surface area contributed by atoms with E-state index in [4.69, 9.17) is 0 Å². The quantitative estimate of drug-likeness (QED) is 0.802. The molecular weight excluding hydrogens is 284 g/mol. The molecule has 0 spiro atoms. The maximum Gasteiger partial charge on any atom is 0.275 e. The average Bonchev–Trinajstić information content (AvgIpc) is 3.08. The monoisotopic (exact) mass is 300 g/mol. The molecule has 2 heterocycles. The number of carbonyl (C=O) groups is 1. The van der Waals surface area contributed by atoms with Crippen molar-refractivity contribution in [1.82, 2.24) is 14.5 Å². The van der Waals surface area contributed by atoms with Gasteiger partial charge in [0.05, 0.1) is 16.5 Å². The fourth-order valence-electron chi connectivity index (χ4n) is 2.35. The minimum Gasteiger partial charge on any atom is -0.328 e. The third-order valence-electron chi connectivity index (χ3n) is 3.31. The van der Waals surface area contributed by atoms with Crippen molar-refractivity contribution in [3.8, 4) is 0 Å². The van der Waals surface area contributed by atoms with E-state index in [0.717, 1.165) is 35.5 Å². The number of nitrogens with one attached hydrogen (secondary N) is 1. The van der Waals surface area contributed by atoms with Crippen LogP contribution < -0.4 is 5.32 Å². The number of hydrogen-bond donors (Lipinski definition) is 1. The van der Waals surface area contributed by atoms with E-state index >= 15 is 0 Å². The Hall–Kier alpha value is -2.21. The highest BCUT2D eigenvalue weighted by molar-refractivity contribution is 7.07. The van der Waals surface area contributed by atoms with E-state index < -0.39 is 0 Å². The summed E-state index contributed by atoms with van der Waals surface area (Å²) in [5.41, 5.74) is 4.82. The van der Waals surface area contributed by atoms with Crippen LogP contribution in [-0.4, -0.2) is 20.4 Å². The summed E-state index contributed by atoms with van der Waals surface area (Å²) < 4.78 is 2.20. The van der Waals surface area contributed by atoms with Gasteiger partial charge in [0.15, 0.2) is 0 Å². The van der Waals surface area contributed by atoms with Gasteiger partial charge in [-0.15, -0.1) is 11.3 Å². The Kier molecular flexibility index (Phi) is 3.70. The van der Waals surface area contributed by atoms with Gasteiger partial charge in [0, 0.05) is 17.6 Å². The van der Waals surface area contributed by atoms with Crippen LogP contribution in [0.4, 0.5) is 5.69 Å². The topological polar surface area (TPSA) is 59.8 Å². The zero-order valence-corrected chi connectivity index (χ0v) is 12.8. The fraction of sp³-hybridized carbons (Fsp3) is 0.267. The lowest BCUT2D eigenvalue weighted by atomic mass is 10.2. The van der Waals surface area contributed by atoms with E-state index in [2.05, 4.69) is 26.8 Å². The number of aryl methyl sites for hydroxylation is 2. The van der Waals surface area contributed by atoms with E-state index in [1.807, 2.05) is 25.1 Å². The van der Waals surface area contributed by atoms with Crippen LogP contribution in [-0.2, 0) is 6.54 Å². The Morgan fingerprint density at radius 3 is 3.00 bits per heavy atom. The van der Waals surface area contributed by atoms with Crippen molar-refractivity contribution in [3.05, 3.63) is 40.6 Å². The summed E-state index contributed by atoms with van der Waals surface area (Å²) in [5, 5.41) is 4.58. The first-order valence-corrected chi connectivity index (χ1v) is 7.79. The average molecular weight is 300 g/mol. The van der Waals surface area contributed by atoms with Crippen LogP contribution in [0.25, 0.3) is 11.0 Å². The van der Waals surface area contributed by atoms with Gasteiger partial charge in [0.25, 0.3) is 5.91 Å². The Labute approximate surface area is 126 Å². The first-order valence-electron chi connectivity index (χ1n) is 6.85. The van der Waals surface area contributed by atoms with Crippen LogP contribution in [0.2, 0.25) is 0 Å². The van der Waals surface area contributed by atoms with Gasteiger partial charge >= 0.3 is 0 Å². The van der Waals surface area contributed by atoms with Crippen molar-refractivity contribution < 1.29 is 4.79 Å². The SMILES string of the molecule is CCCn1c(C)nc2cc(NC(=O)c3cscn3)ccc21. The number of imidazole rings is 1. The standard InChI is InChI=1S/C15H16N4OS/c1-3-6-19-10(2)17-12-7-11(4-5-14(12)19)18-15(20)13-8-21-9-16-13/h4-5,7-9H,3,6H2,1-2H3,(H,18,20). The molecule has 0 radical (unpaired) electrons. The fourth-order valence-corrected chi connectivity index (χ4v) is 2.89. The summed E-state index contributed by atoms with van der Waals surface area (Å²) >= 11 is 1.40. The number of anilines is 1. The molecule has 1 aromatic carbocycles. The molecule has 0 aliphatic carbocycles. The predicted molar refractivity (Wildman–Crippen MR) is 84.8 cm³/mol. The zero-order valence-electron chi connectivity index (χ0n) is 12.0. The van der Waals surface area contributed by atoms with Crippen molar-refractivity contribution in [1.29, 1.82) is 0 Å². The van der Waals surface area contributed by atoms with Crippen molar-refractivity contribution in [2.24, 2.45) is 0 Å². The van der Waals surface area contributed by atoms with Crippen molar-refractivity contribution in [2.75, 3.05) is 5.32 Å². The number of amides is 1. The van der Waals surface area contributed by atoms with Gasteiger partial charge in [-0.05, 0) is 31.5 Å². The molecule has 21 heavy (non-hydrogen) atoms. The smallest absolute Gasteiger partial charge is 0.275 e. The van der Waals surface area contributed by atoms with E-state index in [9.17, 15) is 4.79 Å². The maximum atomic E-state index is 12.0. The van der Waals surface area contributed by atoms with Gasteiger partial charge in [-0.2, -0.15) is 0 Å². The van der Waals surface area contributed by atoms with Gasteiger partial charge in [0.2, 0.25) is 0 Å². The van der Waals surface area contributed by atoms with Crippen LogP contribution in [0.5, 0.6) is 0 Å². The third kappa shape index (κ3) is 2.67. The molecule has 2 aromatic heterocycles. The van der Waals surface area contributed by atoms with Crippen LogP contribution >= 0.6 is 11.3 Å². The molecule has 0 bridgehead atoms. The van der Waals surface area contributed by atoms with Crippen LogP contribution in [0.15, 0.2) is 29.1 Å². The molecule has 3 aromatic rings. The largest absolute Gasteiger partial charge is 0.328 e. The molecule has 0 atom stereocenters. The van der Waals surface area contributed by atoms with Crippen LogP contribution in [0.1, 0.15) is 29.7 Å². The van der Waals surface area contributed by atoms with Crippen molar-refractivity contribution in [2.45, 2.75) is 26.8 Å². The van der Waals surface area contributed by atoms with E-state index in [1.54, 1.807) is 10.9 Å². The lowest BCUT2D eigenvalue weighted by molar-refractivity contribution is 0.102. The summed E-state index contributed by atoms with van der Waals surface area (Å²) in [6, 6.07) is 5.81. The summed E-state index contributed by atoms with van der Waals surface area (Å²) in [5.74, 6) is 0.801. The minimum atomic E-state index is -0.194. The van der Waals surface area contributed by atoms with Gasteiger partial charge in [-0.1, -0.05) is 6.92 Å². The number of benzene rings is 1. The number of hydrogen-bond acceptors (Lipinski definition) is 4. The Morgan fingerprint density at radius 2 is 2.29 bits per heavy atom. The lowest BCUT2D eigenvalue weighted by Crippen LogP contribution is -2.12. The molecule has 1 amide bonds. The highest BCUT2D eigenvalue weighted by Crippen LogP contribution is 2.21. The second-order valence-corrected chi connectivity index (χ2v) is 5.56. The Bertz CT molecular complexity index is 776. The van der Waals surface area contributed by atoms with Crippen LogP contribution in [0.3, 0.4) is 0 Å². The van der Waals surface area contributed by atoms with Gasteiger partial charge < -0.3 is 9.88 Å². The molecule has 5 nitrogen and oxygen atoms in total. The molecule has 0 saturated carbocycles. The summed E-state index contributed by atoms with van der Waals surface area (Å²) in [6.07, 6.45) is 1.06. The molecule has 0 fully saturated rings. The number of nitrogens with zero attached hydrogens (tertiary/aromatic N) is 3. The van der Waals surface area contributed by atoms with Crippen molar-refractivity contribution in [3.63, 3.8) is 0 Å². The molecule has 0 aliphatic rings. The Morgan fingerprint density at radius 1 is 1.43 bits per heavy atom. The number of carbonyl (C=O) groups excluding carboxylic acids is 1. The molecule has 0 aliphatic heterocycles. The second-order valence-electron chi connectivity index (χ2n) is 4.84. The van der Waals surface area contributed by atoms with E-state index in [-0.39, 0.29) is 5.91 Å². The second kappa shape index (κ2) is 5.65. The number of thiazole rings is 1. The first-order chi connectivity index (χ1) is 10.2. The Balaban J connectivity index is 1.89. The molecule has 1 N–H and O–H groups in total. The van der Waals surface area contributed by atoms with Gasteiger partial charge in [0.1, 0.15) is 11.5 Å².